The van der Waals surface area contributed by atoms with Crippen molar-refractivity contribution in [1.29, 1.82) is 5.26 Å². The van der Waals surface area contributed by atoms with E-state index in [4.69, 9.17) is 5.26 Å². The van der Waals surface area contributed by atoms with Crippen LogP contribution in [0.5, 0.6) is 0 Å². The summed E-state index contributed by atoms with van der Waals surface area (Å²) < 4.78 is 0. The molecule has 2 rings (SSSR count). The van der Waals surface area contributed by atoms with Gasteiger partial charge in [-0.05, 0) is 30.7 Å². The van der Waals surface area contributed by atoms with Gasteiger partial charge in [0.25, 0.3) is 5.91 Å². The van der Waals surface area contributed by atoms with E-state index in [1.54, 1.807) is 29.2 Å². The minimum absolute atomic E-state index is 0.00000604. The molecule has 0 aromatic heterocycles. The van der Waals surface area contributed by atoms with Crippen LogP contribution in [-0.4, -0.2) is 60.9 Å². The fraction of sp³-hybridized carbons (Fsp3) is 0.526. The van der Waals surface area contributed by atoms with Crippen LogP contribution in [-0.2, 0) is 4.79 Å². The molecular weight excluding hydrogens is 316 g/mol. The van der Waals surface area contributed by atoms with E-state index in [9.17, 15) is 9.59 Å². The monoisotopic (exact) mass is 342 g/mol. The van der Waals surface area contributed by atoms with E-state index in [2.05, 4.69) is 12.2 Å². The molecule has 0 bridgehead atoms. The van der Waals surface area contributed by atoms with E-state index in [0.717, 1.165) is 32.4 Å². The van der Waals surface area contributed by atoms with Gasteiger partial charge in [0.05, 0.1) is 11.6 Å². The maximum atomic E-state index is 12.8. The molecule has 1 fully saturated rings. The maximum Gasteiger partial charge on any atom is 0.254 e. The van der Waals surface area contributed by atoms with Crippen LogP contribution in [0.4, 0.5) is 0 Å². The smallest absolute Gasteiger partial charge is 0.254 e. The number of rotatable bonds is 7. The van der Waals surface area contributed by atoms with E-state index < -0.39 is 0 Å². The summed E-state index contributed by atoms with van der Waals surface area (Å²) in [6.07, 6.45) is 2.97. The van der Waals surface area contributed by atoms with Crippen LogP contribution in [0.15, 0.2) is 24.3 Å². The first-order chi connectivity index (χ1) is 12.2. The molecule has 0 spiro atoms. The van der Waals surface area contributed by atoms with Crippen molar-refractivity contribution in [2.45, 2.75) is 26.2 Å². The molecule has 1 aromatic carbocycles. The zero-order valence-electron chi connectivity index (χ0n) is 14.8. The second-order valence-electron chi connectivity index (χ2n) is 6.25. The van der Waals surface area contributed by atoms with Crippen molar-refractivity contribution < 1.29 is 9.59 Å². The number of nitriles is 1. The van der Waals surface area contributed by atoms with Crippen molar-refractivity contribution in [3.05, 3.63) is 35.4 Å². The molecule has 1 aliphatic heterocycles. The Kier molecular flexibility index (Phi) is 7.42. The number of hydrogen-bond donors (Lipinski definition) is 1. The lowest BCUT2D eigenvalue weighted by atomic mass is 10.1. The average Bonchev–Trinajstić information content (AvgIpc) is 2.67. The number of benzene rings is 1. The van der Waals surface area contributed by atoms with Crippen LogP contribution >= 0.6 is 0 Å². The molecule has 0 unspecified atom stereocenters. The van der Waals surface area contributed by atoms with Crippen LogP contribution < -0.4 is 5.32 Å². The number of unbranched alkanes of at least 4 members (excludes halogenated alkanes) is 2. The number of amides is 2. The van der Waals surface area contributed by atoms with Gasteiger partial charge in [0.1, 0.15) is 6.54 Å². The van der Waals surface area contributed by atoms with E-state index in [-0.39, 0.29) is 18.4 Å². The second-order valence-corrected chi connectivity index (χ2v) is 6.25. The number of piperazine rings is 1. The number of carbonyl (C=O) groups excluding carboxylic acids is 2. The summed E-state index contributed by atoms with van der Waals surface area (Å²) >= 11 is 0. The molecule has 0 saturated carbocycles. The average molecular weight is 342 g/mol. The van der Waals surface area contributed by atoms with Gasteiger partial charge in [0.15, 0.2) is 0 Å². The van der Waals surface area contributed by atoms with Gasteiger partial charge in [-0.3, -0.25) is 9.59 Å². The summed E-state index contributed by atoms with van der Waals surface area (Å²) in [4.78, 5) is 28.8. The van der Waals surface area contributed by atoms with Gasteiger partial charge in [-0.15, -0.1) is 0 Å². The van der Waals surface area contributed by atoms with Crippen LogP contribution in [0, 0.1) is 11.3 Å². The Morgan fingerprint density at radius 3 is 2.48 bits per heavy atom. The van der Waals surface area contributed by atoms with Gasteiger partial charge in [0, 0.05) is 38.3 Å². The number of hydrogen-bond acceptors (Lipinski definition) is 4. The number of carbonyl (C=O) groups is 2. The largest absolute Gasteiger partial charge is 0.339 e. The van der Waals surface area contributed by atoms with Crippen molar-refractivity contribution in [2.24, 2.45) is 0 Å². The summed E-state index contributed by atoms with van der Waals surface area (Å²) in [6, 6.07) is 8.63. The molecule has 0 aliphatic carbocycles. The summed E-state index contributed by atoms with van der Waals surface area (Å²) in [5.41, 5.74) is 1.04. The Hall–Kier alpha value is -2.39. The Balaban J connectivity index is 2.06. The Morgan fingerprint density at radius 1 is 1.20 bits per heavy atom. The third-order valence-electron chi connectivity index (χ3n) is 4.38. The molecule has 0 radical (unpaired) electrons. The van der Waals surface area contributed by atoms with Gasteiger partial charge < -0.3 is 15.1 Å². The van der Waals surface area contributed by atoms with Crippen molar-refractivity contribution in [1.82, 2.24) is 15.1 Å². The zero-order valence-corrected chi connectivity index (χ0v) is 14.8. The standard InChI is InChI=1S/C19H26N4O2/c1-2-3-4-11-23(15-18(24)22-12-9-21-10-13-22)19(25)17-7-5-16(14-20)6-8-17/h5-8,21H,2-4,9-13,15H2,1H3. The molecule has 1 aromatic rings. The lowest BCUT2D eigenvalue weighted by Gasteiger charge is -2.30. The molecule has 25 heavy (non-hydrogen) atoms. The van der Waals surface area contributed by atoms with E-state index >= 15 is 0 Å². The van der Waals surface area contributed by atoms with Crippen LogP contribution in [0.3, 0.4) is 0 Å². The second kappa shape index (κ2) is 9.80. The van der Waals surface area contributed by atoms with Crippen molar-refractivity contribution in [3.8, 4) is 6.07 Å². The minimum atomic E-state index is -0.149. The predicted molar refractivity (Wildman–Crippen MR) is 96.0 cm³/mol. The fourth-order valence-corrected chi connectivity index (χ4v) is 2.85. The van der Waals surface area contributed by atoms with Crippen LogP contribution in [0.25, 0.3) is 0 Å². The lowest BCUT2D eigenvalue weighted by molar-refractivity contribution is -0.132. The van der Waals surface area contributed by atoms with Gasteiger partial charge in [-0.25, -0.2) is 0 Å². The minimum Gasteiger partial charge on any atom is -0.339 e. The third kappa shape index (κ3) is 5.57. The Labute approximate surface area is 149 Å². The summed E-state index contributed by atoms with van der Waals surface area (Å²) in [6.45, 7) is 5.77. The molecule has 6 nitrogen and oxygen atoms in total. The molecule has 1 aliphatic rings. The Bertz CT molecular complexity index is 615. The molecule has 2 amide bonds. The van der Waals surface area contributed by atoms with Crippen molar-refractivity contribution >= 4 is 11.8 Å². The van der Waals surface area contributed by atoms with Gasteiger partial charge in [-0.1, -0.05) is 19.8 Å². The van der Waals surface area contributed by atoms with Crippen LogP contribution in [0.1, 0.15) is 42.1 Å². The molecule has 1 saturated heterocycles. The lowest BCUT2D eigenvalue weighted by Crippen LogP contribution is -2.50. The normalized spacial score (nSPS) is 14.0. The van der Waals surface area contributed by atoms with Gasteiger partial charge in [-0.2, -0.15) is 5.26 Å². The quantitative estimate of drug-likeness (QED) is 0.764. The maximum absolute atomic E-state index is 12.8. The third-order valence-corrected chi connectivity index (χ3v) is 4.38. The SMILES string of the molecule is CCCCCN(CC(=O)N1CCNCC1)C(=O)c1ccc(C#N)cc1. The summed E-state index contributed by atoms with van der Waals surface area (Å²) in [5.74, 6) is -0.149. The van der Waals surface area contributed by atoms with Crippen LogP contribution in [0.2, 0.25) is 0 Å². The molecule has 134 valence electrons. The highest BCUT2D eigenvalue weighted by Crippen LogP contribution is 2.10. The molecule has 0 atom stereocenters. The van der Waals surface area contributed by atoms with E-state index in [1.165, 1.54) is 0 Å². The highest BCUT2D eigenvalue weighted by Gasteiger charge is 2.23. The summed E-state index contributed by atoms with van der Waals surface area (Å²) in [7, 11) is 0. The topological polar surface area (TPSA) is 76.4 Å². The first-order valence-electron chi connectivity index (χ1n) is 8.93. The highest BCUT2D eigenvalue weighted by molar-refractivity contribution is 5.96. The van der Waals surface area contributed by atoms with E-state index in [0.29, 0.717) is 30.8 Å². The van der Waals surface area contributed by atoms with Crippen molar-refractivity contribution in [2.75, 3.05) is 39.3 Å². The van der Waals surface area contributed by atoms with Gasteiger partial charge in [0.2, 0.25) is 5.91 Å². The Morgan fingerprint density at radius 2 is 1.88 bits per heavy atom. The number of nitrogens with zero attached hydrogens (tertiary/aromatic N) is 3. The molecule has 6 heteroatoms. The fourth-order valence-electron chi connectivity index (χ4n) is 2.85. The number of nitrogens with one attached hydrogen (secondary N) is 1. The highest BCUT2D eigenvalue weighted by atomic mass is 16.2. The molecule has 1 N–H and O–H groups in total. The summed E-state index contributed by atoms with van der Waals surface area (Å²) in [5, 5.41) is 12.1. The first kappa shape index (κ1) is 18.9. The van der Waals surface area contributed by atoms with Crippen molar-refractivity contribution in [3.63, 3.8) is 0 Å². The zero-order chi connectivity index (χ0) is 18.1. The first-order valence-corrected chi connectivity index (χ1v) is 8.93. The predicted octanol–water partition coefficient (Wildman–Crippen LogP) is 1.62. The molecular formula is C19H26N4O2. The van der Waals surface area contributed by atoms with Gasteiger partial charge >= 0.3 is 0 Å². The molecule has 1 heterocycles. The van der Waals surface area contributed by atoms with E-state index in [1.807, 2.05) is 11.0 Å².